The van der Waals surface area contributed by atoms with Gasteiger partial charge >= 0.3 is 11.0 Å². The first-order valence-electron chi connectivity index (χ1n) is 5.54. The molecule has 2 rings (SSSR count). The first-order chi connectivity index (χ1) is 9.47. The van der Waals surface area contributed by atoms with Crippen LogP contribution < -0.4 is 0 Å². The number of carbonyl (C=O) groups is 1. The van der Waals surface area contributed by atoms with Crippen molar-refractivity contribution in [3.63, 3.8) is 0 Å². The van der Waals surface area contributed by atoms with Gasteiger partial charge in [-0.25, -0.2) is 4.98 Å². The summed E-state index contributed by atoms with van der Waals surface area (Å²) in [6.45, 7) is 0. The number of nitro groups is 1. The number of thiazole rings is 1. The van der Waals surface area contributed by atoms with Gasteiger partial charge in [0.25, 0.3) is 0 Å². The van der Waals surface area contributed by atoms with Crippen molar-refractivity contribution in [2.24, 2.45) is 0 Å². The van der Waals surface area contributed by atoms with Gasteiger partial charge in [0.2, 0.25) is 0 Å². The number of nitrogens with zero attached hydrogens (tertiary/aromatic N) is 2. The third-order valence-corrected chi connectivity index (χ3v) is 4.17. The zero-order chi connectivity index (χ0) is 14.7. The molecule has 0 saturated heterocycles. The topological polar surface area (TPSA) is 93.3 Å². The third kappa shape index (κ3) is 3.40. The SMILES string of the molecule is O=C(O)C(Cc1cccc(Br)c1)c1ncc([N+](=O)[O-])s1. The molecular formula is C12H9BrN2O4S. The van der Waals surface area contributed by atoms with Gasteiger partial charge in [-0.05, 0) is 35.5 Å². The fraction of sp³-hybridized carbons (Fsp3) is 0.167. The van der Waals surface area contributed by atoms with E-state index in [4.69, 9.17) is 0 Å². The van der Waals surface area contributed by atoms with Crippen LogP contribution in [0.1, 0.15) is 16.5 Å². The second-order valence-corrected chi connectivity index (χ2v) is 5.98. The molecule has 0 saturated carbocycles. The summed E-state index contributed by atoms with van der Waals surface area (Å²) in [6.07, 6.45) is 1.33. The Balaban J connectivity index is 2.27. The number of hydrogen-bond donors (Lipinski definition) is 1. The highest BCUT2D eigenvalue weighted by molar-refractivity contribution is 9.10. The summed E-state index contributed by atoms with van der Waals surface area (Å²) < 4.78 is 0.851. The van der Waals surface area contributed by atoms with Crippen molar-refractivity contribution < 1.29 is 14.8 Å². The number of hydrogen-bond acceptors (Lipinski definition) is 5. The van der Waals surface area contributed by atoms with E-state index in [0.717, 1.165) is 27.6 Å². The van der Waals surface area contributed by atoms with Crippen LogP contribution in [-0.2, 0) is 11.2 Å². The van der Waals surface area contributed by atoms with Crippen LogP contribution in [0.25, 0.3) is 0 Å². The van der Waals surface area contributed by atoms with Crippen molar-refractivity contribution in [3.05, 3.63) is 55.6 Å². The minimum atomic E-state index is -1.05. The zero-order valence-corrected chi connectivity index (χ0v) is 12.4. The molecule has 0 radical (unpaired) electrons. The van der Waals surface area contributed by atoms with Crippen LogP contribution in [0.3, 0.4) is 0 Å². The second kappa shape index (κ2) is 6.10. The van der Waals surface area contributed by atoms with Gasteiger partial charge in [-0.2, -0.15) is 0 Å². The molecule has 0 aliphatic heterocycles. The maximum atomic E-state index is 11.4. The largest absolute Gasteiger partial charge is 0.481 e. The van der Waals surface area contributed by atoms with Gasteiger partial charge in [0.15, 0.2) is 0 Å². The lowest BCUT2D eigenvalue weighted by atomic mass is 10.0. The quantitative estimate of drug-likeness (QED) is 0.655. The minimum absolute atomic E-state index is 0.152. The van der Waals surface area contributed by atoms with Crippen molar-refractivity contribution >= 4 is 38.2 Å². The predicted octanol–water partition coefficient (Wildman–Crippen LogP) is 3.22. The molecule has 1 aromatic heterocycles. The van der Waals surface area contributed by atoms with Gasteiger partial charge in [-0.3, -0.25) is 14.9 Å². The van der Waals surface area contributed by atoms with Gasteiger partial charge < -0.3 is 5.11 Å². The molecule has 20 heavy (non-hydrogen) atoms. The Labute approximate surface area is 126 Å². The number of halogens is 1. The van der Waals surface area contributed by atoms with Crippen LogP contribution >= 0.6 is 27.3 Å². The summed E-state index contributed by atoms with van der Waals surface area (Å²) in [5.74, 6) is -1.93. The Bertz CT molecular complexity index is 658. The van der Waals surface area contributed by atoms with E-state index in [1.165, 1.54) is 0 Å². The maximum absolute atomic E-state index is 11.4. The van der Waals surface area contributed by atoms with E-state index in [1.807, 2.05) is 24.3 Å². The molecule has 0 bridgehead atoms. The number of carboxylic acid groups (broad SMARTS) is 1. The number of benzene rings is 1. The highest BCUT2D eigenvalue weighted by atomic mass is 79.9. The molecule has 1 N–H and O–H groups in total. The smallest absolute Gasteiger partial charge is 0.343 e. The monoisotopic (exact) mass is 356 g/mol. The molecule has 0 aliphatic carbocycles. The van der Waals surface area contributed by atoms with Gasteiger partial charge in [0, 0.05) is 4.47 Å². The average Bonchev–Trinajstić information content (AvgIpc) is 2.85. The number of aromatic nitrogens is 1. The molecule has 1 unspecified atom stereocenters. The van der Waals surface area contributed by atoms with Crippen LogP contribution in [0.5, 0.6) is 0 Å². The molecule has 0 aliphatic rings. The maximum Gasteiger partial charge on any atom is 0.343 e. The molecule has 0 fully saturated rings. The normalized spacial score (nSPS) is 12.1. The summed E-state index contributed by atoms with van der Waals surface area (Å²) in [7, 11) is 0. The van der Waals surface area contributed by atoms with Gasteiger partial charge in [0.1, 0.15) is 17.1 Å². The number of rotatable bonds is 5. The summed E-state index contributed by atoms with van der Waals surface area (Å²) in [4.78, 5) is 25.3. The van der Waals surface area contributed by atoms with Crippen molar-refractivity contribution in [2.75, 3.05) is 0 Å². The fourth-order valence-electron chi connectivity index (χ4n) is 1.70. The fourth-order valence-corrected chi connectivity index (χ4v) is 2.98. The molecule has 104 valence electrons. The van der Waals surface area contributed by atoms with Crippen LogP contribution in [-0.4, -0.2) is 21.0 Å². The molecule has 0 amide bonds. The Kier molecular flexibility index (Phi) is 4.46. The first kappa shape index (κ1) is 14.6. The first-order valence-corrected chi connectivity index (χ1v) is 7.15. The predicted molar refractivity (Wildman–Crippen MR) is 77.0 cm³/mol. The zero-order valence-electron chi connectivity index (χ0n) is 10.0. The van der Waals surface area contributed by atoms with Gasteiger partial charge in [-0.1, -0.05) is 28.1 Å². The molecular weight excluding hydrogens is 348 g/mol. The average molecular weight is 357 g/mol. The molecule has 0 spiro atoms. The Morgan fingerprint density at radius 1 is 1.55 bits per heavy atom. The number of carboxylic acids is 1. The molecule has 6 nitrogen and oxygen atoms in total. The van der Waals surface area contributed by atoms with E-state index >= 15 is 0 Å². The van der Waals surface area contributed by atoms with Crippen LogP contribution in [0.2, 0.25) is 0 Å². The number of aliphatic carboxylic acids is 1. The van der Waals surface area contributed by atoms with Crippen LogP contribution in [0.15, 0.2) is 34.9 Å². The third-order valence-electron chi connectivity index (χ3n) is 2.62. The molecule has 1 aromatic carbocycles. The molecule has 8 heteroatoms. The lowest BCUT2D eigenvalue weighted by Gasteiger charge is -2.09. The van der Waals surface area contributed by atoms with E-state index < -0.39 is 16.8 Å². The molecule has 2 aromatic rings. The standard InChI is InChI=1S/C12H9BrN2O4S/c13-8-3-1-2-7(4-8)5-9(12(16)17)11-14-6-10(20-11)15(18)19/h1-4,6,9H,5H2,(H,16,17). The van der Waals surface area contributed by atoms with E-state index in [2.05, 4.69) is 20.9 Å². The summed E-state index contributed by atoms with van der Waals surface area (Å²) >= 11 is 4.12. The van der Waals surface area contributed by atoms with E-state index in [0.29, 0.717) is 0 Å². The van der Waals surface area contributed by atoms with Crippen LogP contribution in [0, 0.1) is 10.1 Å². The Morgan fingerprint density at radius 3 is 2.85 bits per heavy atom. The minimum Gasteiger partial charge on any atom is -0.481 e. The summed E-state index contributed by atoms with van der Waals surface area (Å²) in [6, 6.07) is 7.27. The van der Waals surface area contributed by atoms with Gasteiger partial charge in [-0.15, -0.1) is 0 Å². The van der Waals surface area contributed by atoms with Crippen molar-refractivity contribution in [1.82, 2.24) is 4.98 Å². The Morgan fingerprint density at radius 2 is 2.30 bits per heavy atom. The second-order valence-electron chi connectivity index (χ2n) is 4.02. The highest BCUT2D eigenvalue weighted by Crippen LogP contribution is 2.30. The van der Waals surface area contributed by atoms with Crippen molar-refractivity contribution in [1.29, 1.82) is 0 Å². The lowest BCUT2D eigenvalue weighted by molar-refractivity contribution is -0.380. The summed E-state index contributed by atoms with van der Waals surface area (Å²) in [5, 5.41) is 20.0. The molecule has 1 atom stereocenters. The highest BCUT2D eigenvalue weighted by Gasteiger charge is 2.26. The lowest BCUT2D eigenvalue weighted by Crippen LogP contribution is -2.14. The van der Waals surface area contributed by atoms with Crippen molar-refractivity contribution in [2.45, 2.75) is 12.3 Å². The Hall–Kier alpha value is -1.80. The van der Waals surface area contributed by atoms with E-state index in [9.17, 15) is 20.0 Å². The van der Waals surface area contributed by atoms with Crippen molar-refractivity contribution in [3.8, 4) is 0 Å². The van der Waals surface area contributed by atoms with Crippen LogP contribution in [0.4, 0.5) is 5.00 Å². The molecule has 1 heterocycles. The summed E-state index contributed by atoms with van der Waals surface area (Å²) in [5.41, 5.74) is 0.824. The van der Waals surface area contributed by atoms with Gasteiger partial charge in [0.05, 0.1) is 4.92 Å². The van der Waals surface area contributed by atoms with E-state index in [1.54, 1.807) is 0 Å². The van der Waals surface area contributed by atoms with E-state index in [-0.39, 0.29) is 16.4 Å².